The SMILES string of the molecule is O=C1CCN(S(=O)(=O)c2ccc3oc4ccccc4c3c2)CC1. The fraction of sp³-hybridized carbons (Fsp3) is 0.235. The lowest BCUT2D eigenvalue weighted by Crippen LogP contribution is -2.38. The van der Waals surface area contributed by atoms with E-state index in [1.807, 2.05) is 24.3 Å². The van der Waals surface area contributed by atoms with Crippen molar-refractivity contribution in [1.82, 2.24) is 4.31 Å². The average Bonchev–Trinajstić information content (AvgIpc) is 2.93. The molecule has 0 N–H and O–H groups in total. The minimum absolute atomic E-state index is 0.118. The summed E-state index contributed by atoms with van der Waals surface area (Å²) in [5.41, 5.74) is 1.40. The van der Waals surface area contributed by atoms with Crippen molar-refractivity contribution in [2.75, 3.05) is 13.1 Å². The Morgan fingerprint density at radius 2 is 1.61 bits per heavy atom. The van der Waals surface area contributed by atoms with Crippen molar-refractivity contribution in [2.24, 2.45) is 0 Å². The van der Waals surface area contributed by atoms with Crippen molar-refractivity contribution in [1.29, 1.82) is 0 Å². The van der Waals surface area contributed by atoms with E-state index in [1.165, 1.54) is 4.31 Å². The monoisotopic (exact) mass is 329 g/mol. The van der Waals surface area contributed by atoms with Crippen LogP contribution in [-0.2, 0) is 14.8 Å². The van der Waals surface area contributed by atoms with E-state index in [2.05, 4.69) is 0 Å². The number of piperidine rings is 1. The molecule has 1 fully saturated rings. The number of nitrogens with zero attached hydrogens (tertiary/aromatic N) is 1. The Morgan fingerprint density at radius 1 is 0.913 bits per heavy atom. The number of hydrogen-bond donors (Lipinski definition) is 0. The van der Waals surface area contributed by atoms with E-state index >= 15 is 0 Å². The van der Waals surface area contributed by atoms with E-state index in [0.29, 0.717) is 5.58 Å². The van der Waals surface area contributed by atoms with Gasteiger partial charge in [-0.1, -0.05) is 18.2 Å². The van der Waals surface area contributed by atoms with Crippen molar-refractivity contribution in [3.63, 3.8) is 0 Å². The normalized spacial score (nSPS) is 17.1. The number of carbonyl (C=O) groups excluding carboxylic acids is 1. The first-order valence-electron chi connectivity index (χ1n) is 7.49. The highest BCUT2D eigenvalue weighted by Crippen LogP contribution is 2.31. The standard InChI is InChI=1S/C17H15NO4S/c19-12-7-9-18(10-8-12)23(20,21)13-5-6-17-15(11-13)14-3-1-2-4-16(14)22-17/h1-6,11H,7-10H2. The van der Waals surface area contributed by atoms with E-state index in [1.54, 1.807) is 18.2 Å². The second-order valence-corrected chi connectivity index (χ2v) is 7.64. The van der Waals surface area contributed by atoms with Crippen molar-refractivity contribution in [3.05, 3.63) is 42.5 Å². The molecule has 2 aromatic carbocycles. The number of benzene rings is 2. The lowest BCUT2D eigenvalue weighted by atomic mass is 10.1. The van der Waals surface area contributed by atoms with Gasteiger partial charge in [-0.2, -0.15) is 4.31 Å². The Hall–Kier alpha value is -2.18. The summed E-state index contributed by atoms with van der Waals surface area (Å²) in [6.45, 7) is 0.511. The second kappa shape index (κ2) is 5.18. The van der Waals surface area contributed by atoms with Crippen molar-refractivity contribution < 1.29 is 17.6 Å². The Morgan fingerprint density at radius 3 is 2.39 bits per heavy atom. The first kappa shape index (κ1) is 14.4. The zero-order chi connectivity index (χ0) is 16.0. The van der Waals surface area contributed by atoms with Gasteiger partial charge >= 0.3 is 0 Å². The van der Waals surface area contributed by atoms with Gasteiger partial charge in [0.1, 0.15) is 16.9 Å². The first-order valence-corrected chi connectivity index (χ1v) is 8.93. The molecule has 1 aliphatic rings. The Kier molecular flexibility index (Phi) is 3.25. The largest absolute Gasteiger partial charge is 0.456 e. The highest BCUT2D eigenvalue weighted by Gasteiger charge is 2.28. The van der Waals surface area contributed by atoms with E-state index in [-0.39, 0.29) is 36.6 Å². The van der Waals surface area contributed by atoms with Crippen LogP contribution < -0.4 is 0 Å². The van der Waals surface area contributed by atoms with Gasteiger partial charge in [-0.3, -0.25) is 4.79 Å². The molecular weight excluding hydrogens is 314 g/mol. The van der Waals surface area contributed by atoms with E-state index in [4.69, 9.17) is 4.42 Å². The van der Waals surface area contributed by atoms with Crippen LogP contribution in [0, 0.1) is 0 Å². The summed E-state index contributed by atoms with van der Waals surface area (Å²) in [5, 5.41) is 1.68. The molecule has 0 unspecified atom stereocenters. The molecule has 0 spiro atoms. The van der Waals surface area contributed by atoms with Crippen molar-refractivity contribution in [2.45, 2.75) is 17.7 Å². The van der Waals surface area contributed by atoms with Crippen LogP contribution in [0.4, 0.5) is 0 Å². The molecule has 118 valence electrons. The number of ketones is 1. The topological polar surface area (TPSA) is 67.6 Å². The fourth-order valence-corrected chi connectivity index (χ4v) is 4.46. The number of carbonyl (C=O) groups is 1. The van der Waals surface area contributed by atoms with Crippen LogP contribution in [0.2, 0.25) is 0 Å². The summed E-state index contributed by atoms with van der Waals surface area (Å²) in [6, 6.07) is 12.5. The van der Waals surface area contributed by atoms with Gasteiger partial charge in [0, 0.05) is 36.7 Å². The van der Waals surface area contributed by atoms with E-state index in [9.17, 15) is 13.2 Å². The minimum Gasteiger partial charge on any atom is -0.456 e. The maximum absolute atomic E-state index is 12.8. The van der Waals surface area contributed by atoms with Crippen LogP contribution in [-0.4, -0.2) is 31.6 Å². The molecule has 0 radical (unpaired) electrons. The van der Waals surface area contributed by atoms with E-state index < -0.39 is 10.0 Å². The predicted molar refractivity (Wildman–Crippen MR) is 86.7 cm³/mol. The van der Waals surface area contributed by atoms with E-state index in [0.717, 1.165) is 16.4 Å². The third-order valence-corrected chi connectivity index (χ3v) is 6.16. The third kappa shape index (κ3) is 2.34. The van der Waals surface area contributed by atoms with Gasteiger partial charge in [0.25, 0.3) is 0 Å². The molecule has 3 aromatic rings. The minimum atomic E-state index is -3.58. The molecule has 1 saturated heterocycles. The van der Waals surface area contributed by atoms with Gasteiger partial charge in [0.15, 0.2) is 0 Å². The van der Waals surface area contributed by atoms with Crippen molar-refractivity contribution >= 4 is 37.7 Å². The second-order valence-electron chi connectivity index (χ2n) is 5.70. The molecule has 2 heterocycles. The molecule has 4 rings (SSSR count). The molecule has 0 aliphatic carbocycles. The van der Waals surface area contributed by atoms with Crippen LogP contribution in [0.1, 0.15) is 12.8 Å². The molecular formula is C17H15NO4S. The van der Waals surface area contributed by atoms with Crippen LogP contribution in [0.15, 0.2) is 51.8 Å². The number of rotatable bonds is 2. The third-order valence-electron chi connectivity index (χ3n) is 4.27. The van der Waals surface area contributed by atoms with Gasteiger partial charge in [0.05, 0.1) is 4.90 Å². The molecule has 23 heavy (non-hydrogen) atoms. The molecule has 0 saturated carbocycles. The number of para-hydroxylation sites is 1. The number of Topliss-reactive ketones (excluding diaryl/α,β-unsaturated/α-hetero) is 1. The van der Waals surface area contributed by atoms with Gasteiger partial charge < -0.3 is 4.42 Å². The summed E-state index contributed by atoms with van der Waals surface area (Å²) in [5.74, 6) is 0.118. The number of hydrogen-bond acceptors (Lipinski definition) is 4. The summed E-state index contributed by atoms with van der Waals surface area (Å²) in [7, 11) is -3.58. The summed E-state index contributed by atoms with van der Waals surface area (Å²) in [6.07, 6.45) is 0.576. The van der Waals surface area contributed by atoms with Crippen LogP contribution in [0.5, 0.6) is 0 Å². The quantitative estimate of drug-likeness (QED) is 0.725. The molecule has 5 nitrogen and oxygen atoms in total. The Balaban J connectivity index is 1.82. The summed E-state index contributed by atoms with van der Waals surface area (Å²) in [4.78, 5) is 11.6. The zero-order valence-corrected chi connectivity index (χ0v) is 13.2. The molecule has 1 aliphatic heterocycles. The molecule has 0 bridgehead atoms. The van der Waals surface area contributed by atoms with Crippen LogP contribution in [0.3, 0.4) is 0 Å². The first-order chi connectivity index (χ1) is 11.1. The van der Waals surface area contributed by atoms with Crippen molar-refractivity contribution in [3.8, 4) is 0 Å². The van der Waals surface area contributed by atoms with Gasteiger partial charge in [-0.25, -0.2) is 8.42 Å². The van der Waals surface area contributed by atoms with Gasteiger partial charge in [0.2, 0.25) is 10.0 Å². The lowest BCUT2D eigenvalue weighted by molar-refractivity contribution is -0.120. The predicted octanol–water partition coefficient (Wildman–Crippen LogP) is 2.94. The Labute approximate surface area is 133 Å². The number of fused-ring (bicyclic) bond motifs is 3. The lowest BCUT2D eigenvalue weighted by Gasteiger charge is -2.25. The maximum Gasteiger partial charge on any atom is 0.243 e. The van der Waals surface area contributed by atoms with Gasteiger partial charge in [-0.15, -0.1) is 0 Å². The fourth-order valence-electron chi connectivity index (χ4n) is 2.99. The number of sulfonamides is 1. The smallest absolute Gasteiger partial charge is 0.243 e. The summed E-state index contributed by atoms with van der Waals surface area (Å²) < 4.78 is 32.7. The maximum atomic E-state index is 12.8. The Bertz CT molecular complexity index is 1010. The van der Waals surface area contributed by atoms with Gasteiger partial charge in [-0.05, 0) is 24.3 Å². The average molecular weight is 329 g/mol. The molecule has 0 amide bonds. The number of furan rings is 1. The van der Waals surface area contributed by atoms with Crippen LogP contribution in [0.25, 0.3) is 21.9 Å². The van der Waals surface area contributed by atoms with Crippen LogP contribution >= 0.6 is 0 Å². The summed E-state index contributed by atoms with van der Waals surface area (Å²) >= 11 is 0. The highest BCUT2D eigenvalue weighted by atomic mass is 32.2. The molecule has 1 aromatic heterocycles. The molecule has 0 atom stereocenters. The highest BCUT2D eigenvalue weighted by molar-refractivity contribution is 7.89. The molecule has 6 heteroatoms. The zero-order valence-electron chi connectivity index (χ0n) is 12.4.